The molecule has 0 unspecified atom stereocenters. The van der Waals surface area contributed by atoms with Crippen molar-refractivity contribution >= 4 is 38.4 Å². The van der Waals surface area contributed by atoms with Crippen LogP contribution in [0, 0.1) is 27.7 Å². The second-order valence-electron chi connectivity index (χ2n) is 7.21. The highest BCUT2D eigenvalue weighted by atomic mass is 32.1. The van der Waals surface area contributed by atoms with Crippen molar-refractivity contribution in [3.63, 3.8) is 0 Å². The first-order valence-corrected chi connectivity index (χ1v) is 10.3. The van der Waals surface area contributed by atoms with E-state index in [0.717, 1.165) is 32.5 Å². The normalized spacial score (nSPS) is 11.5. The molecule has 4 rings (SSSR count). The van der Waals surface area contributed by atoms with Gasteiger partial charge in [-0.3, -0.25) is 0 Å². The molecule has 0 aliphatic carbocycles. The van der Waals surface area contributed by atoms with Gasteiger partial charge in [-0.05, 0) is 62.9 Å². The molecule has 0 bridgehead atoms. The predicted molar refractivity (Wildman–Crippen MR) is 116 cm³/mol. The Hall–Kier alpha value is -2.66. The molecule has 2 aromatic heterocycles. The third kappa shape index (κ3) is 2.57. The van der Waals surface area contributed by atoms with Gasteiger partial charge < -0.3 is 9.30 Å². The number of aromatic nitrogens is 2. The number of ether oxygens (including phenoxy) is 1. The highest BCUT2D eigenvalue weighted by Gasteiger charge is 2.26. The molecular weight excluding hydrogens is 368 g/mol. The van der Waals surface area contributed by atoms with Crippen LogP contribution in [0.1, 0.15) is 38.8 Å². The van der Waals surface area contributed by atoms with E-state index in [9.17, 15) is 4.79 Å². The maximum atomic E-state index is 12.7. The fourth-order valence-electron chi connectivity index (χ4n) is 3.94. The molecule has 4 nitrogen and oxygen atoms in total. The number of carbonyl (C=O) groups excluding carboxylic acids is 1. The molecule has 0 atom stereocenters. The van der Waals surface area contributed by atoms with Crippen molar-refractivity contribution < 1.29 is 9.53 Å². The summed E-state index contributed by atoms with van der Waals surface area (Å²) in [6, 6.07) is 8.09. The Morgan fingerprint density at radius 2 is 1.75 bits per heavy atom. The Kier molecular flexibility index (Phi) is 4.50. The van der Waals surface area contributed by atoms with Crippen LogP contribution < -0.4 is 0 Å². The van der Waals surface area contributed by atoms with Crippen LogP contribution in [-0.2, 0) is 11.8 Å². The second-order valence-corrected chi connectivity index (χ2v) is 8.27. The standard InChI is InChI=1S/C23H24N2O2S/c1-7-27-23(26)21-18(16-10-8-9-11-17(16)28-21)22-24-19-14(4)12(2)13(3)15(5)20(19)25(22)6/h8-11H,7H2,1-6H3. The maximum absolute atomic E-state index is 12.7. The van der Waals surface area contributed by atoms with E-state index in [-0.39, 0.29) is 5.97 Å². The highest BCUT2D eigenvalue weighted by Crippen LogP contribution is 2.41. The molecule has 2 heterocycles. The van der Waals surface area contributed by atoms with E-state index in [1.165, 1.54) is 33.6 Å². The number of thiophene rings is 1. The number of hydrogen-bond acceptors (Lipinski definition) is 4. The van der Waals surface area contributed by atoms with E-state index in [1.807, 2.05) is 32.2 Å². The summed E-state index contributed by atoms with van der Waals surface area (Å²) in [5.41, 5.74) is 7.99. The van der Waals surface area contributed by atoms with Crippen LogP contribution in [0.4, 0.5) is 0 Å². The molecule has 0 saturated heterocycles. The van der Waals surface area contributed by atoms with Crippen LogP contribution in [0.3, 0.4) is 0 Å². The third-order valence-electron chi connectivity index (χ3n) is 5.77. The van der Waals surface area contributed by atoms with Crippen molar-refractivity contribution in [2.45, 2.75) is 34.6 Å². The first-order valence-electron chi connectivity index (χ1n) is 9.48. The Balaban J connectivity index is 2.11. The number of benzene rings is 2. The zero-order valence-corrected chi connectivity index (χ0v) is 18.0. The van der Waals surface area contributed by atoms with Crippen LogP contribution in [0.2, 0.25) is 0 Å². The molecule has 0 N–H and O–H groups in total. The lowest BCUT2D eigenvalue weighted by Gasteiger charge is -2.11. The molecule has 0 amide bonds. The topological polar surface area (TPSA) is 44.1 Å². The highest BCUT2D eigenvalue weighted by molar-refractivity contribution is 7.21. The van der Waals surface area contributed by atoms with Crippen molar-refractivity contribution in [2.75, 3.05) is 6.61 Å². The summed E-state index contributed by atoms with van der Waals surface area (Å²) in [7, 11) is 2.03. The quantitative estimate of drug-likeness (QED) is 0.410. The minimum absolute atomic E-state index is 0.286. The van der Waals surface area contributed by atoms with Crippen molar-refractivity contribution in [1.82, 2.24) is 9.55 Å². The molecule has 0 spiro atoms. The molecule has 28 heavy (non-hydrogen) atoms. The van der Waals surface area contributed by atoms with E-state index in [4.69, 9.17) is 9.72 Å². The molecule has 0 fully saturated rings. The Labute approximate surface area is 168 Å². The molecule has 144 valence electrons. The monoisotopic (exact) mass is 392 g/mol. The lowest BCUT2D eigenvalue weighted by Crippen LogP contribution is -2.05. The number of hydrogen-bond donors (Lipinski definition) is 0. The third-order valence-corrected chi connectivity index (χ3v) is 6.92. The minimum atomic E-state index is -0.286. The van der Waals surface area contributed by atoms with Gasteiger partial charge in [-0.15, -0.1) is 11.3 Å². The van der Waals surface area contributed by atoms with Gasteiger partial charge in [0.2, 0.25) is 0 Å². The predicted octanol–water partition coefficient (Wildman–Crippen LogP) is 5.87. The summed E-state index contributed by atoms with van der Waals surface area (Å²) in [6.07, 6.45) is 0. The average molecular weight is 393 g/mol. The molecular formula is C23H24N2O2S. The zero-order chi connectivity index (χ0) is 20.2. The van der Waals surface area contributed by atoms with Gasteiger partial charge in [0.15, 0.2) is 0 Å². The summed E-state index contributed by atoms with van der Waals surface area (Å²) < 4.78 is 8.54. The molecule has 2 aromatic carbocycles. The van der Waals surface area contributed by atoms with Gasteiger partial charge in [-0.2, -0.15) is 0 Å². The van der Waals surface area contributed by atoms with Gasteiger partial charge in [0, 0.05) is 17.1 Å². The molecule has 5 heteroatoms. The second kappa shape index (κ2) is 6.74. The van der Waals surface area contributed by atoms with Crippen molar-refractivity contribution in [3.05, 3.63) is 51.4 Å². The summed E-state index contributed by atoms with van der Waals surface area (Å²) in [4.78, 5) is 18.4. The van der Waals surface area contributed by atoms with Crippen LogP contribution in [0.5, 0.6) is 0 Å². The molecule has 0 aliphatic heterocycles. The molecule has 4 aromatic rings. The maximum Gasteiger partial charge on any atom is 0.349 e. The fourth-order valence-corrected chi connectivity index (χ4v) is 5.03. The van der Waals surface area contributed by atoms with E-state index < -0.39 is 0 Å². The lowest BCUT2D eigenvalue weighted by molar-refractivity contribution is 0.0533. The zero-order valence-electron chi connectivity index (χ0n) is 17.1. The SMILES string of the molecule is CCOC(=O)c1sc2ccccc2c1-c1nc2c(C)c(C)c(C)c(C)c2n1C. The van der Waals surface area contributed by atoms with Crippen LogP contribution in [-0.4, -0.2) is 22.1 Å². The summed E-state index contributed by atoms with van der Waals surface area (Å²) in [5.74, 6) is 0.526. The van der Waals surface area contributed by atoms with Gasteiger partial charge in [-0.1, -0.05) is 18.2 Å². The number of rotatable bonds is 3. The van der Waals surface area contributed by atoms with Gasteiger partial charge in [0.1, 0.15) is 10.7 Å². The Morgan fingerprint density at radius 1 is 1.07 bits per heavy atom. The van der Waals surface area contributed by atoms with Gasteiger partial charge >= 0.3 is 5.97 Å². The van der Waals surface area contributed by atoms with Gasteiger partial charge in [0.25, 0.3) is 0 Å². The number of imidazole rings is 1. The summed E-state index contributed by atoms with van der Waals surface area (Å²) >= 11 is 1.47. The lowest BCUT2D eigenvalue weighted by atomic mass is 9.97. The molecule has 0 aliphatic rings. The average Bonchev–Trinajstić information content (AvgIpc) is 3.23. The van der Waals surface area contributed by atoms with Gasteiger partial charge in [0.05, 0.1) is 23.2 Å². The smallest absolute Gasteiger partial charge is 0.349 e. The minimum Gasteiger partial charge on any atom is -0.462 e. The summed E-state index contributed by atoms with van der Waals surface area (Å²) in [5, 5.41) is 1.04. The Bertz CT molecular complexity index is 1250. The van der Waals surface area contributed by atoms with Crippen molar-refractivity contribution in [2.24, 2.45) is 7.05 Å². The van der Waals surface area contributed by atoms with Crippen LogP contribution in [0.15, 0.2) is 24.3 Å². The van der Waals surface area contributed by atoms with E-state index in [0.29, 0.717) is 11.5 Å². The number of nitrogens with zero attached hydrogens (tertiary/aromatic N) is 2. The number of esters is 1. The van der Waals surface area contributed by atoms with E-state index >= 15 is 0 Å². The van der Waals surface area contributed by atoms with E-state index in [1.54, 1.807) is 0 Å². The Morgan fingerprint density at radius 3 is 2.46 bits per heavy atom. The van der Waals surface area contributed by atoms with Gasteiger partial charge in [-0.25, -0.2) is 9.78 Å². The largest absolute Gasteiger partial charge is 0.462 e. The van der Waals surface area contributed by atoms with Crippen molar-refractivity contribution in [3.8, 4) is 11.4 Å². The molecule has 0 radical (unpaired) electrons. The van der Waals surface area contributed by atoms with Crippen LogP contribution in [0.25, 0.3) is 32.5 Å². The van der Waals surface area contributed by atoms with E-state index in [2.05, 4.69) is 38.3 Å². The number of aryl methyl sites for hydroxylation is 3. The number of carbonyl (C=O) groups is 1. The fraction of sp³-hybridized carbons (Fsp3) is 0.304. The molecule has 0 saturated carbocycles. The first kappa shape index (κ1) is 18.7. The number of fused-ring (bicyclic) bond motifs is 2. The van der Waals surface area contributed by atoms with Crippen LogP contribution >= 0.6 is 11.3 Å². The van der Waals surface area contributed by atoms with Crippen molar-refractivity contribution in [1.29, 1.82) is 0 Å². The summed E-state index contributed by atoms with van der Waals surface area (Å²) in [6.45, 7) is 10.8. The first-order chi connectivity index (χ1) is 13.4.